The molecule has 24 heavy (non-hydrogen) atoms. The Morgan fingerprint density at radius 2 is 2.12 bits per heavy atom. The molecule has 0 fully saturated rings. The van der Waals surface area contributed by atoms with Gasteiger partial charge in [-0.25, -0.2) is 9.97 Å². The molecule has 2 heterocycles. The van der Waals surface area contributed by atoms with Crippen molar-refractivity contribution in [3.8, 4) is 17.1 Å². The van der Waals surface area contributed by atoms with Gasteiger partial charge in [-0.2, -0.15) is 0 Å². The highest BCUT2D eigenvalue weighted by Crippen LogP contribution is 2.23. The third-order valence-corrected chi connectivity index (χ3v) is 3.85. The van der Waals surface area contributed by atoms with Crippen LogP contribution < -0.4 is 10.1 Å². The number of ether oxygens (including phenoxy) is 1. The van der Waals surface area contributed by atoms with E-state index in [4.69, 9.17) is 9.84 Å². The Balaban J connectivity index is 1.61. The van der Waals surface area contributed by atoms with Crippen LogP contribution >= 0.6 is 15.9 Å². The smallest absolute Gasteiger partial charge is 0.178 e. The number of H-pyrrole nitrogens is 1. The molecule has 3 N–H and O–H groups in total. The molecule has 1 atom stereocenters. The van der Waals surface area contributed by atoms with E-state index in [1.54, 1.807) is 13.1 Å². The van der Waals surface area contributed by atoms with Crippen LogP contribution in [0.3, 0.4) is 0 Å². The number of aliphatic hydroxyl groups is 1. The van der Waals surface area contributed by atoms with Gasteiger partial charge in [0.25, 0.3) is 0 Å². The normalized spacial score (nSPS) is 12.5. The molecule has 0 spiro atoms. The summed E-state index contributed by atoms with van der Waals surface area (Å²) in [5.74, 6) is 1.58. The Labute approximate surface area is 148 Å². The topological polar surface area (TPSA) is 83.1 Å². The second-order valence-electron chi connectivity index (χ2n) is 5.54. The van der Waals surface area contributed by atoms with Gasteiger partial charge in [0, 0.05) is 29.3 Å². The zero-order chi connectivity index (χ0) is 16.9. The highest BCUT2D eigenvalue weighted by Gasteiger charge is 2.07. The molecule has 126 valence electrons. The molecule has 1 aromatic carbocycles. The van der Waals surface area contributed by atoms with Gasteiger partial charge in [-0.15, -0.1) is 0 Å². The summed E-state index contributed by atoms with van der Waals surface area (Å²) >= 11 is 3.40. The number of benzene rings is 1. The Morgan fingerprint density at radius 1 is 1.33 bits per heavy atom. The van der Waals surface area contributed by atoms with E-state index in [0.717, 1.165) is 27.1 Å². The van der Waals surface area contributed by atoms with Gasteiger partial charge in [0.05, 0.1) is 11.6 Å². The average Bonchev–Trinajstić information content (AvgIpc) is 2.98. The van der Waals surface area contributed by atoms with Crippen molar-refractivity contribution in [1.29, 1.82) is 0 Å². The lowest BCUT2D eigenvalue weighted by atomic mass is 10.2. The summed E-state index contributed by atoms with van der Waals surface area (Å²) in [6.45, 7) is 3.56. The lowest BCUT2D eigenvalue weighted by Gasteiger charge is -2.09. The summed E-state index contributed by atoms with van der Waals surface area (Å²) in [7, 11) is 0. The second-order valence-corrected chi connectivity index (χ2v) is 6.45. The molecule has 7 heteroatoms. The second kappa shape index (κ2) is 7.74. The van der Waals surface area contributed by atoms with Crippen LogP contribution in [0.4, 0.5) is 0 Å². The average molecular weight is 391 g/mol. The van der Waals surface area contributed by atoms with Crippen molar-refractivity contribution in [2.75, 3.05) is 19.7 Å². The number of hydrogen-bond acceptors (Lipinski definition) is 5. The van der Waals surface area contributed by atoms with Gasteiger partial charge in [-0.05, 0) is 53.2 Å². The summed E-state index contributed by atoms with van der Waals surface area (Å²) in [6.07, 6.45) is 1.39. The molecule has 0 aliphatic rings. The number of pyridine rings is 1. The molecule has 1 unspecified atom stereocenters. The maximum absolute atomic E-state index is 9.16. The van der Waals surface area contributed by atoms with Crippen molar-refractivity contribution in [2.45, 2.75) is 13.0 Å². The summed E-state index contributed by atoms with van der Waals surface area (Å²) in [6, 6.07) is 9.72. The largest absolute Gasteiger partial charge is 0.492 e. The van der Waals surface area contributed by atoms with E-state index in [2.05, 4.69) is 36.2 Å². The van der Waals surface area contributed by atoms with Crippen molar-refractivity contribution in [1.82, 2.24) is 20.3 Å². The summed E-state index contributed by atoms with van der Waals surface area (Å²) in [4.78, 5) is 12.0. The number of rotatable bonds is 7. The number of nitrogens with zero attached hydrogens (tertiary/aromatic N) is 2. The third-order valence-electron chi connectivity index (χ3n) is 3.42. The molecule has 3 rings (SSSR count). The SMILES string of the molecule is CC(O)CNCCOc1ccc(-c2nc3ncc(Br)cc3[nH]2)cc1. The quantitative estimate of drug-likeness (QED) is 0.540. The molecule has 0 bridgehead atoms. The van der Waals surface area contributed by atoms with Crippen molar-refractivity contribution in [3.63, 3.8) is 0 Å². The highest BCUT2D eigenvalue weighted by molar-refractivity contribution is 9.10. The predicted molar refractivity (Wildman–Crippen MR) is 97.1 cm³/mol. The maximum Gasteiger partial charge on any atom is 0.178 e. The fourth-order valence-electron chi connectivity index (χ4n) is 2.27. The van der Waals surface area contributed by atoms with Crippen LogP contribution in [0.5, 0.6) is 5.75 Å². The number of hydrogen-bond donors (Lipinski definition) is 3. The summed E-state index contributed by atoms with van der Waals surface area (Å²) in [5, 5.41) is 12.3. The fraction of sp³-hybridized carbons (Fsp3) is 0.294. The zero-order valence-electron chi connectivity index (χ0n) is 13.3. The Hall–Kier alpha value is -1.96. The van der Waals surface area contributed by atoms with E-state index in [0.29, 0.717) is 25.3 Å². The van der Waals surface area contributed by atoms with Crippen LogP contribution in [0.25, 0.3) is 22.6 Å². The highest BCUT2D eigenvalue weighted by atomic mass is 79.9. The third kappa shape index (κ3) is 4.31. The van der Waals surface area contributed by atoms with Crippen molar-refractivity contribution < 1.29 is 9.84 Å². The zero-order valence-corrected chi connectivity index (χ0v) is 14.9. The van der Waals surface area contributed by atoms with Crippen molar-refractivity contribution in [3.05, 3.63) is 41.0 Å². The molecule has 0 amide bonds. The molecular formula is C17H19BrN4O2. The van der Waals surface area contributed by atoms with E-state index in [-0.39, 0.29) is 6.10 Å². The minimum Gasteiger partial charge on any atom is -0.492 e. The van der Waals surface area contributed by atoms with Crippen LogP contribution in [-0.4, -0.2) is 45.9 Å². The number of aromatic amines is 1. The van der Waals surface area contributed by atoms with Crippen LogP contribution in [0.2, 0.25) is 0 Å². The monoisotopic (exact) mass is 390 g/mol. The van der Waals surface area contributed by atoms with Crippen LogP contribution in [0, 0.1) is 0 Å². The first-order valence-corrected chi connectivity index (χ1v) is 8.54. The molecule has 0 aliphatic carbocycles. The molecule has 6 nitrogen and oxygen atoms in total. The first kappa shape index (κ1) is 16.9. The molecule has 0 radical (unpaired) electrons. The summed E-state index contributed by atoms with van der Waals surface area (Å²) < 4.78 is 6.58. The van der Waals surface area contributed by atoms with Gasteiger partial charge >= 0.3 is 0 Å². The predicted octanol–water partition coefficient (Wildman–Crippen LogP) is 2.74. The number of aliphatic hydroxyl groups excluding tert-OH is 1. The van der Waals surface area contributed by atoms with E-state index in [9.17, 15) is 0 Å². The molecule has 3 aromatic rings. The first-order chi connectivity index (χ1) is 11.6. The number of imidazole rings is 1. The Bertz CT molecular complexity index is 802. The van der Waals surface area contributed by atoms with Crippen LogP contribution in [0.15, 0.2) is 41.0 Å². The molecule has 2 aromatic heterocycles. The van der Waals surface area contributed by atoms with Gasteiger partial charge in [0.2, 0.25) is 0 Å². The molecular weight excluding hydrogens is 372 g/mol. The van der Waals surface area contributed by atoms with Gasteiger partial charge in [0.15, 0.2) is 5.65 Å². The number of nitrogens with one attached hydrogen (secondary N) is 2. The first-order valence-electron chi connectivity index (χ1n) is 7.75. The maximum atomic E-state index is 9.16. The lowest BCUT2D eigenvalue weighted by molar-refractivity contribution is 0.188. The molecule has 0 saturated heterocycles. The number of aromatic nitrogens is 3. The number of fused-ring (bicyclic) bond motifs is 1. The number of halogens is 1. The van der Waals surface area contributed by atoms with Crippen LogP contribution in [-0.2, 0) is 0 Å². The Morgan fingerprint density at radius 3 is 2.88 bits per heavy atom. The van der Waals surface area contributed by atoms with Gasteiger partial charge in [-0.1, -0.05) is 0 Å². The van der Waals surface area contributed by atoms with Crippen LogP contribution in [0.1, 0.15) is 6.92 Å². The van der Waals surface area contributed by atoms with Crippen molar-refractivity contribution in [2.24, 2.45) is 0 Å². The van der Waals surface area contributed by atoms with E-state index < -0.39 is 0 Å². The molecule has 0 aliphatic heterocycles. The fourth-order valence-corrected chi connectivity index (χ4v) is 2.60. The standard InChI is InChI=1S/C17H19BrN4O2/c1-11(23)9-19-6-7-24-14-4-2-12(3-5-14)16-21-15-8-13(18)10-20-17(15)22-16/h2-5,8,10-11,19,23H,6-7,9H2,1H3,(H,20,21,22). The van der Waals surface area contributed by atoms with E-state index in [1.807, 2.05) is 30.3 Å². The van der Waals surface area contributed by atoms with Gasteiger partial charge in [-0.3, -0.25) is 0 Å². The van der Waals surface area contributed by atoms with Crippen molar-refractivity contribution >= 4 is 27.1 Å². The minimum atomic E-state index is -0.344. The lowest BCUT2D eigenvalue weighted by Crippen LogP contribution is -2.28. The van der Waals surface area contributed by atoms with Gasteiger partial charge in [0.1, 0.15) is 18.2 Å². The minimum absolute atomic E-state index is 0.344. The van der Waals surface area contributed by atoms with E-state index in [1.165, 1.54) is 0 Å². The molecule has 0 saturated carbocycles. The van der Waals surface area contributed by atoms with E-state index >= 15 is 0 Å². The Kier molecular flexibility index (Phi) is 5.44. The summed E-state index contributed by atoms with van der Waals surface area (Å²) in [5.41, 5.74) is 2.56. The van der Waals surface area contributed by atoms with Gasteiger partial charge < -0.3 is 20.1 Å².